The molecular weight excluding hydrogens is 423 g/mol. The van der Waals surface area contributed by atoms with Crippen LogP contribution < -0.4 is 14.8 Å². The summed E-state index contributed by atoms with van der Waals surface area (Å²) in [6.45, 7) is 1.98. The van der Waals surface area contributed by atoms with Crippen molar-refractivity contribution in [1.29, 1.82) is 0 Å². The van der Waals surface area contributed by atoms with E-state index in [1.165, 1.54) is 19.2 Å². The zero-order valence-corrected chi connectivity index (χ0v) is 17.1. The van der Waals surface area contributed by atoms with Gasteiger partial charge >= 0.3 is 6.36 Å². The van der Waals surface area contributed by atoms with Crippen molar-refractivity contribution < 1.29 is 27.4 Å². The maximum Gasteiger partial charge on any atom is 0.573 e. The van der Waals surface area contributed by atoms with Gasteiger partial charge in [-0.2, -0.15) is 0 Å². The van der Waals surface area contributed by atoms with E-state index in [2.05, 4.69) is 15.0 Å². The maximum atomic E-state index is 12.7. The molecule has 4 aromatic rings. The van der Waals surface area contributed by atoms with Gasteiger partial charge in [0.15, 0.2) is 0 Å². The third-order valence-electron chi connectivity index (χ3n) is 4.69. The number of aryl methyl sites for hydroxylation is 1. The van der Waals surface area contributed by atoms with Gasteiger partial charge in [0.2, 0.25) is 0 Å². The lowest BCUT2D eigenvalue weighted by Crippen LogP contribution is -2.18. The highest BCUT2D eigenvalue weighted by Gasteiger charge is 2.31. The second-order valence-corrected chi connectivity index (χ2v) is 7.04. The molecule has 0 fully saturated rings. The summed E-state index contributed by atoms with van der Waals surface area (Å²) >= 11 is 0. The average molecular weight is 441 g/mol. The first-order chi connectivity index (χ1) is 15.2. The highest BCUT2D eigenvalue weighted by Crippen LogP contribution is 2.31. The van der Waals surface area contributed by atoms with Crippen LogP contribution in [0.2, 0.25) is 0 Å². The lowest BCUT2D eigenvalue weighted by atomic mass is 10.1. The fourth-order valence-electron chi connectivity index (χ4n) is 3.22. The molecule has 32 heavy (non-hydrogen) atoms. The van der Waals surface area contributed by atoms with Crippen LogP contribution in [-0.2, 0) is 0 Å². The third kappa shape index (κ3) is 4.66. The zero-order valence-electron chi connectivity index (χ0n) is 17.1. The molecule has 1 N–H and O–H groups in total. The van der Waals surface area contributed by atoms with Crippen LogP contribution in [0.15, 0.2) is 67.0 Å². The smallest absolute Gasteiger partial charge is 0.495 e. The fourth-order valence-corrected chi connectivity index (χ4v) is 3.22. The number of alkyl halides is 3. The number of halogens is 3. The summed E-state index contributed by atoms with van der Waals surface area (Å²) in [6.07, 6.45) is -1.08. The van der Waals surface area contributed by atoms with Crippen molar-refractivity contribution in [3.63, 3.8) is 0 Å². The van der Waals surface area contributed by atoms with Gasteiger partial charge in [-0.15, -0.1) is 13.2 Å². The summed E-state index contributed by atoms with van der Waals surface area (Å²) in [7, 11) is 1.45. The minimum absolute atomic E-state index is 0.00223. The lowest BCUT2D eigenvalue weighted by molar-refractivity contribution is -0.274. The number of hydrogen-bond donors (Lipinski definition) is 1. The van der Waals surface area contributed by atoms with Crippen LogP contribution in [0, 0.1) is 6.92 Å². The molecule has 6 nitrogen and oxygen atoms in total. The quantitative estimate of drug-likeness (QED) is 0.446. The number of aromatic nitrogens is 2. The van der Waals surface area contributed by atoms with E-state index in [9.17, 15) is 18.0 Å². The Morgan fingerprint density at radius 3 is 2.66 bits per heavy atom. The summed E-state index contributed by atoms with van der Waals surface area (Å²) in [6, 6.07) is 13.9. The number of imidazole rings is 1. The second-order valence-electron chi connectivity index (χ2n) is 7.04. The number of amides is 1. The summed E-state index contributed by atoms with van der Waals surface area (Å²) in [5.41, 5.74) is 3.63. The van der Waals surface area contributed by atoms with Crippen molar-refractivity contribution in [2.24, 2.45) is 0 Å². The molecule has 0 aliphatic rings. The van der Waals surface area contributed by atoms with Crippen molar-refractivity contribution in [3.8, 4) is 22.8 Å². The van der Waals surface area contributed by atoms with Crippen LogP contribution in [0.1, 0.15) is 15.9 Å². The Kier molecular flexibility index (Phi) is 5.48. The highest BCUT2D eigenvalue weighted by atomic mass is 19.4. The third-order valence-corrected chi connectivity index (χ3v) is 4.69. The van der Waals surface area contributed by atoms with Gasteiger partial charge in [0, 0.05) is 23.5 Å². The van der Waals surface area contributed by atoms with Crippen LogP contribution in [0.5, 0.6) is 11.5 Å². The normalized spacial score (nSPS) is 11.4. The van der Waals surface area contributed by atoms with Crippen LogP contribution in [0.4, 0.5) is 18.9 Å². The predicted octanol–water partition coefficient (Wildman–Crippen LogP) is 5.47. The molecule has 0 saturated carbocycles. The summed E-state index contributed by atoms with van der Waals surface area (Å²) in [4.78, 5) is 17.3. The summed E-state index contributed by atoms with van der Waals surface area (Å²) < 4.78 is 48.5. The zero-order chi connectivity index (χ0) is 22.9. The second kappa shape index (κ2) is 8.26. The van der Waals surface area contributed by atoms with Crippen LogP contribution in [0.3, 0.4) is 0 Å². The molecule has 0 aliphatic carbocycles. The van der Waals surface area contributed by atoms with Crippen molar-refractivity contribution in [3.05, 3.63) is 78.1 Å². The first-order valence-corrected chi connectivity index (χ1v) is 9.53. The van der Waals surface area contributed by atoms with Gasteiger partial charge in [0.25, 0.3) is 5.91 Å². The number of anilines is 1. The van der Waals surface area contributed by atoms with E-state index in [-0.39, 0.29) is 5.56 Å². The molecule has 9 heteroatoms. The van der Waals surface area contributed by atoms with E-state index >= 15 is 0 Å². The van der Waals surface area contributed by atoms with Crippen molar-refractivity contribution in [2.45, 2.75) is 13.3 Å². The number of nitrogens with zero attached hydrogens (tertiary/aromatic N) is 2. The Morgan fingerprint density at radius 2 is 1.91 bits per heavy atom. The van der Waals surface area contributed by atoms with Gasteiger partial charge in [-0.25, -0.2) is 4.98 Å². The van der Waals surface area contributed by atoms with Gasteiger partial charge in [-0.1, -0.05) is 6.07 Å². The number of pyridine rings is 1. The number of carbonyl (C=O) groups excluding carboxylic acids is 1. The van der Waals surface area contributed by atoms with E-state index < -0.39 is 18.0 Å². The number of nitrogens with one attached hydrogen (secondary N) is 1. The lowest BCUT2D eigenvalue weighted by Gasteiger charge is -2.13. The molecule has 2 aromatic heterocycles. The molecule has 0 aliphatic heterocycles. The van der Waals surface area contributed by atoms with Crippen LogP contribution in [-0.4, -0.2) is 28.8 Å². The van der Waals surface area contributed by atoms with Crippen molar-refractivity contribution in [2.75, 3.05) is 12.4 Å². The number of carbonyl (C=O) groups is 1. The van der Waals surface area contributed by atoms with E-state index in [1.807, 2.05) is 35.9 Å². The average Bonchev–Trinajstić information content (AvgIpc) is 3.16. The standard InChI is InChI=1S/C23H18F3N3O3/c1-14-8-9-29-13-19(27-21(29)10-14)15-6-7-20(31-2)18(12-15)28-22(30)16-4-3-5-17(11-16)32-23(24,25)26/h3-13H,1-2H3,(H,28,30). The van der Waals surface area contributed by atoms with Gasteiger partial charge in [-0.05, 0) is 61.0 Å². The molecule has 164 valence electrons. The Balaban J connectivity index is 1.63. The predicted molar refractivity (Wildman–Crippen MR) is 113 cm³/mol. The van der Waals surface area contributed by atoms with Crippen LogP contribution in [0.25, 0.3) is 16.9 Å². The minimum atomic E-state index is -4.85. The van der Waals surface area contributed by atoms with Gasteiger partial charge in [0.1, 0.15) is 17.1 Å². The molecule has 4 rings (SSSR count). The van der Waals surface area contributed by atoms with Crippen LogP contribution >= 0.6 is 0 Å². The van der Waals surface area contributed by atoms with E-state index in [1.54, 1.807) is 18.2 Å². The van der Waals surface area contributed by atoms with Gasteiger partial charge in [0.05, 0.1) is 18.5 Å². The Morgan fingerprint density at radius 1 is 1.09 bits per heavy atom. The van der Waals surface area contributed by atoms with Crippen molar-refractivity contribution in [1.82, 2.24) is 9.38 Å². The first kappa shape index (κ1) is 21.2. The van der Waals surface area contributed by atoms with E-state index in [0.717, 1.165) is 28.9 Å². The topological polar surface area (TPSA) is 64.9 Å². The molecular formula is C23H18F3N3O3. The number of methoxy groups -OCH3 is 1. The van der Waals surface area contributed by atoms with E-state index in [0.29, 0.717) is 17.1 Å². The minimum Gasteiger partial charge on any atom is -0.495 e. The molecule has 2 heterocycles. The number of benzene rings is 2. The van der Waals surface area contributed by atoms with Gasteiger partial charge in [-0.3, -0.25) is 4.79 Å². The summed E-state index contributed by atoms with van der Waals surface area (Å²) in [5.74, 6) is -0.700. The SMILES string of the molecule is COc1ccc(-c2cn3ccc(C)cc3n2)cc1NC(=O)c1cccc(OC(F)(F)F)c1. The van der Waals surface area contributed by atoms with E-state index in [4.69, 9.17) is 4.74 Å². The molecule has 2 aromatic carbocycles. The molecule has 0 saturated heterocycles. The number of rotatable bonds is 5. The van der Waals surface area contributed by atoms with Crippen molar-refractivity contribution >= 4 is 17.2 Å². The molecule has 0 radical (unpaired) electrons. The molecule has 0 unspecified atom stereocenters. The number of ether oxygens (including phenoxy) is 2. The molecule has 0 bridgehead atoms. The number of fused-ring (bicyclic) bond motifs is 1. The Labute approximate surface area is 181 Å². The van der Waals surface area contributed by atoms with Gasteiger partial charge < -0.3 is 19.2 Å². The highest BCUT2D eigenvalue weighted by molar-refractivity contribution is 6.05. The maximum absolute atomic E-state index is 12.7. The number of hydrogen-bond acceptors (Lipinski definition) is 4. The monoisotopic (exact) mass is 441 g/mol. The fraction of sp³-hybridized carbons (Fsp3) is 0.130. The Hall–Kier alpha value is -4.01. The summed E-state index contributed by atoms with van der Waals surface area (Å²) in [5, 5.41) is 2.69. The molecule has 0 spiro atoms. The molecule has 1 amide bonds. The largest absolute Gasteiger partial charge is 0.573 e. The Bertz CT molecular complexity index is 1300. The first-order valence-electron chi connectivity index (χ1n) is 9.53. The molecule has 0 atom stereocenters.